The summed E-state index contributed by atoms with van der Waals surface area (Å²) < 4.78 is 6.26. The molecule has 11 heteroatoms. The van der Waals surface area contributed by atoms with Gasteiger partial charge in [-0.15, -0.1) is 0 Å². The number of nitriles is 1. The molecule has 10 nitrogen and oxygen atoms in total. The van der Waals surface area contributed by atoms with Gasteiger partial charge in [-0.2, -0.15) is 10.4 Å². The normalized spacial score (nSPS) is 15.9. The number of halogens is 1. The zero-order valence-electron chi connectivity index (χ0n) is 19.1. The molecule has 4 heterocycles. The molecule has 1 saturated heterocycles. The van der Waals surface area contributed by atoms with Crippen molar-refractivity contribution in [3.8, 4) is 17.7 Å². The molecular formula is C24H21ClN8O2. The van der Waals surface area contributed by atoms with Gasteiger partial charge in [-0.1, -0.05) is 18.2 Å². The lowest BCUT2D eigenvalue weighted by atomic mass is 10.1. The van der Waals surface area contributed by atoms with E-state index in [1.807, 2.05) is 13.8 Å². The van der Waals surface area contributed by atoms with Crippen LogP contribution in [0.3, 0.4) is 0 Å². The van der Waals surface area contributed by atoms with Crippen LogP contribution >= 0.6 is 11.6 Å². The Hall–Kier alpha value is -4.23. The van der Waals surface area contributed by atoms with E-state index in [0.717, 1.165) is 5.39 Å². The molecule has 3 aromatic heterocycles. The van der Waals surface area contributed by atoms with Crippen LogP contribution in [0.2, 0.25) is 5.02 Å². The van der Waals surface area contributed by atoms with Gasteiger partial charge in [0.15, 0.2) is 0 Å². The third-order valence-corrected chi connectivity index (χ3v) is 6.54. The van der Waals surface area contributed by atoms with Crippen molar-refractivity contribution >= 4 is 45.1 Å². The van der Waals surface area contributed by atoms with Gasteiger partial charge in [-0.25, -0.2) is 15.0 Å². The summed E-state index contributed by atoms with van der Waals surface area (Å²) in [4.78, 5) is 29.3. The van der Waals surface area contributed by atoms with Crippen molar-refractivity contribution in [1.82, 2.24) is 30.0 Å². The molecule has 0 spiro atoms. The first-order valence-corrected chi connectivity index (χ1v) is 11.3. The van der Waals surface area contributed by atoms with E-state index in [1.165, 1.54) is 12.4 Å². The van der Waals surface area contributed by atoms with Gasteiger partial charge in [0.25, 0.3) is 0 Å². The van der Waals surface area contributed by atoms with Crippen LogP contribution in [0.25, 0.3) is 21.8 Å². The third kappa shape index (κ3) is 3.90. The van der Waals surface area contributed by atoms with E-state index in [9.17, 15) is 10.1 Å². The van der Waals surface area contributed by atoms with Gasteiger partial charge in [0.05, 0.1) is 22.5 Å². The monoisotopic (exact) mass is 488 g/mol. The molecule has 1 N–H and O–H groups in total. The summed E-state index contributed by atoms with van der Waals surface area (Å²) in [5, 5.41) is 18.5. The number of carbonyl (C=O) groups excluding carboxylic acids is 1. The Labute approximate surface area is 205 Å². The number of hydrogen-bond donors (Lipinski definition) is 1. The number of fused-ring (bicyclic) bond motifs is 2. The zero-order valence-corrected chi connectivity index (χ0v) is 19.9. The predicted molar refractivity (Wildman–Crippen MR) is 132 cm³/mol. The van der Waals surface area contributed by atoms with E-state index >= 15 is 0 Å². The van der Waals surface area contributed by atoms with Gasteiger partial charge >= 0.3 is 0 Å². The molecule has 4 aromatic rings. The fraction of sp³-hybridized carbons (Fsp3) is 0.250. The molecule has 35 heavy (non-hydrogen) atoms. The van der Waals surface area contributed by atoms with E-state index in [-0.39, 0.29) is 23.5 Å². The van der Waals surface area contributed by atoms with Crippen molar-refractivity contribution in [3.05, 3.63) is 53.6 Å². The Morgan fingerprint density at radius 3 is 2.91 bits per heavy atom. The van der Waals surface area contributed by atoms with Crippen molar-refractivity contribution < 1.29 is 9.53 Å². The highest BCUT2D eigenvalue weighted by Crippen LogP contribution is 2.39. The Morgan fingerprint density at radius 2 is 2.17 bits per heavy atom. The molecule has 1 aliphatic heterocycles. The van der Waals surface area contributed by atoms with Crippen LogP contribution in [0.4, 0.5) is 5.82 Å². The molecule has 1 fully saturated rings. The highest BCUT2D eigenvalue weighted by atomic mass is 35.5. The number of anilines is 1. The molecule has 1 aliphatic rings. The molecule has 5 rings (SSSR count). The lowest BCUT2D eigenvalue weighted by molar-refractivity contribution is -0.128. The maximum atomic E-state index is 12.1. The van der Waals surface area contributed by atoms with Crippen LogP contribution in [-0.2, 0) is 4.79 Å². The Bertz CT molecular complexity index is 1530. The van der Waals surface area contributed by atoms with E-state index in [4.69, 9.17) is 16.3 Å². The summed E-state index contributed by atoms with van der Waals surface area (Å²) in [5.41, 5.74) is 2.05. The second kappa shape index (κ2) is 8.85. The molecule has 1 aromatic carbocycles. The number of pyridine rings is 1. The molecular weight excluding hydrogens is 468 g/mol. The molecule has 1 amide bonds. The fourth-order valence-corrected chi connectivity index (χ4v) is 4.55. The number of carbonyl (C=O) groups is 1. The number of H-pyrrole nitrogens is 1. The molecule has 0 aliphatic carbocycles. The topological polar surface area (TPSA) is 124 Å². The van der Waals surface area contributed by atoms with E-state index in [1.54, 1.807) is 23.2 Å². The first kappa shape index (κ1) is 22.6. The number of amides is 1. The van der Waals surface area contributed by atoms with Crippen molar-refractivity contribution in [2.24, 2.45) is 0 Å². The quantitative estimate of drug-likeness (QED) is 0.431. The Balaban J connectivity index is 1.60. The number of nitrogens with zero attached hydrogens (tertiary/aromatic N) is 7. The van der Waals surface area contributed by atoms with Gasteiger partial charge < -0.3 is 14.5 Å². The summed E-state index contributed by atoms with van der Waals surface area (Å²) >= 11 is 6.41. The lowest BCUT2D eigenvalue weighted by Gasteiger charge is -2.40. The first-order chi connectivity index (χ1) is 16.9. The minimum atomic E-state index is -0.0983. The van der Waals surface area contributed by atoms with E-state index in [2.05, 4.69) is 42.7 Å². The predicted octanol–water partition coefficient (Wildman–Crippen LogP) is 3.75. The number of benzene rings is 1. The van der Waals surface area contributed by atoms with E-state index in [0.29, 0.717) is 58.2 Å². The number of rotatable bonds is 4. The summed E-state index contributed by atoms with van der Waals surface area (Å²) in [6, 6.07) is 5.49. The number of ether oxygens (including phenoxy) is 1. The molecule has 1 unspecified atom stereocenters. The standard InChI is InChI=1S/C24H21ClN8O2/c1-4-20(34)33-6-5-32(11-13(33)2)23-16-7-15(9-26)30-24(21(16)27-12-28-23)35-22-14(3)18(25)8-19-17(22)10-29-31-19/h4,7-8,10,12-13H,1,5-6,11H2,2-3H3,(H,29,31). The SMILES string of the molecule is C=CC(=O)N1CCN(c2ncnc3c(Oc4c(C)c(Cl)cc5[nH]ncc45)nc(C#N)cc23)CC1C. The van der Waals surface area contributed by atoms with Crippen LogP contribution in [0.1, 0.15) is 18.2 Å². The van der Waals surface area contributed by atoms with Gasteiger partial charge in [-0.3, -0.25) is 9.89 Å². The second-order valence-electron chi connectivity index (χ2n) is 8.29. The molecule has 176 valence electrons. The van der Waals surface area contributed by atoms with Crippen LogP contribution in [-0.4, -0.2) is 61.6 Å². The average molecular weight is 489 g/mol. The van der Waals surface area contributed by atoms with Crippen molar-refractivity contribution in [2.45, 2.75) is 19.9 Å². The van der Waals surface area contributed by atoms with Gasteiger partial charge in [-0.05, 0) is 32.1 Å². The summed E-state index contributed by atoms with van der Waals surface area (Å²) in [5.74, 6) is 1.20. The van der Waals surface area contributed by atoms with Gasteiger partial charge in [0.2, 0.25) is 11.8 Å². The van der Waals surface area contributed by atoms with Gasteiger partial charge in [0, 0.05) is 36.3 Å². The third-order valence-electron chi connectivity index (χ3n) is 6.15. The first-order valence-electron chi connectivity index (χ1n) is 10.9. The number of nitrogens with one attached hydrogen (secondary N) is 1. The van der Waals surface area contributed by atoms with Crippen molar-refractivity contribution in [1.29, 1.82) is 5.26 Å². The van der Waals surface area contributed by atoms with Crippen molar-refractivity contribution in [3.63, 3.8) is 0 Å². The summed E-state index contributed by atoms with van der Waals surface area (Å²) in [7, 11) is 0. The minimum absolute atomic E-state index is 0.0456. The Morgan fingerprint density at radius 1 is 1.34 bits per heavy atom. The number of hydrogen-bond acceptors (Lipinski definition) is 8. The van der Waals surface area contributed by atoms with E-state index < -0.39 is 0 Å². The second-order valence-corrected chi connectivity index (χ2v) is 8.70. The number of piperazine rings is 1. The fourth-order valence-electron chi connectivity index (χ4n) is 4.36. The van der Waals surface area contributed by atoms with Crippen LogP contribution < -0.4 is 9.64 Å². The van der Waals surface area contributed by atoms with Gasteiger partial charge in [0.1, 0.15) is 35.2 Å². The maximum absolute atomic E-state index is 12.1. The largest absolute Gasteiger partial charge is 0.436 e. The van der Waals surface area contributed by atoms with Crippen LogP contribution in [0.5, 0.6) is 11.6 Å². The average Bonchev–Trinajstić information content (AvgIpc) is 3.33. The lowest BCUT2D eigenvalue weighted by Crippen LogP contribution is -2.54. The van der Waals surface area contributed by atoms with Crippen LogP contribution in [0.15, 0.2) is 37.3 Å². The number of aromatic nitrogens is 5. The molecule has 0 radical (unpaired) electrons. The highest BCUT2D eigenvalue weighted by Gasteiger charge is 2.28. The Kier molecular flexibility index (Phi) is 5.70. The highest BCUT2D eigenvalue weighted by molar-refractivity contribution is 6.32. The van der Waals surface area contributed by atoms with Crippen molar-refractivity contribution in [2.75, 3.05) is 24.5 Å². The minimum Gasteiger partial charge on any atom is -0.436 e. The number of aromatic amines is 1. The zero-order chi connectivity index (χ0) is 24.7. The molecule has 0 bridgehead atoms. The maximum Gasteiger partial charge on any atom is 0.247 e. The molecule has 0 saturated carbocycles. The molecule has 1 atom stereocenters. The van der Waals surface area contributed by atoms with Crippen LogP contribution in [0, 0.1) is 18.3 Å². The summed E-state index contributed by atoms with van der Waals surface area (Å²) in [6.07, 6.45) is 4.42. The summed E-state index contributed by atoms with van der Waals surface area (Å²) in [6.45, 7) is 9.06. The smallest absolute Gasteiger partial charge is 0.247 e.